The molecule has 1 heterocycles. The standard InChI is InChI=1S/C10H14N2/c1-4-9-6-7-10(11-5-2)12(3)8-9/h5-8H,2,4H2,1,3H3. The molecule has 0 aliphatic rings. The fourth-order valence-corrected chi connectivity index (χ4v) is 1.09. The van der Waals surface area contributed by atoms with Gasteiger partial charge in [-0.2, -0.15) is 0 Å². The van der Waals surface area contributed by atoms with Gasteiger partial charge >= 0.3 is 0 Å². The second kappa shape index (κ2) is 3.90. The summed E-state index contributed by atoms with van der Waals surface area (Å²) < 4.78 is 2.00. The van der Waals surface area contributed by atoms with E-state index in [2.05, 4.69) is 30.8 Å². The van der Waals surface area contributed by atoms with Gasteiger partial charge in [0.15, 0.2) is 0 Å². The van der Waals surface area contributed by atoms with Crippen molar-refractivity contribution in [2.45, 2.75) is 13.3 Å². The van der Waals surface area contributed by atoms with Gasteiger partial charge in [-0.1, -0.05) is 19.6 Å². The molecule has 0 amide bonds. The highest BCUT2D eigenvalue weighted by Crippen LogP contribution is 1.94. The number of nitrogens with zero attached hydrogens (tertiary/aromatic N) is 2. The molecule has 0 atom stereocenters. The lowest BCUT2D eigenvalue weighted by Crippen LogP contribution is -2.16. The van der Waals surface area contributed by atoms with Gasteiger partial charge < -0.3 is 4.57 Å². The Morgan fingerprint density at radius 3 is 2.83 bits per heavy atom. The Hall–Kier alpha value is -1.31. The van der Waals surface area contributed by atoms with Gasteiger partial charge in [0.05, 0.1) is 0 Å². The molecule has 1 aromatic rings. The zero-order chi connectivity index (χ0) is 8.97. The first-order chi connectivity index (χ1) is 5.77. The molecule has 12 heavy (non-hydrogen) atoms. The molecule has 2 heteroatoms. The summed E-state index contributed by atoms with van der Waals surface area (Å²) in [5.41, 5.74) is 2.25. The Morgan fingerprint density at radius 1 is 1.58 bits per heavy atom. The molecule has 64 valence electrons. The van der Waals surface area contributed by atoms with Crippen LogP contribution in [0.15, 0.2) is 36.1 Å². The van der Waals surface area contributed by atoms with Crippen LogP contribution in [-0.4, -0.2) is 4.57 Å². The molecule has 0 radical (unpaired) electrons. The number of rotatable bonds is 2. The van der Waals surface area contributed by atoms with Crippen molar-refractivity contribution in [2.75, 3.05) is 0 Å². The fourth-order valence-electron chi connectivity index (χ4n) is 1.09. The highest BCUT2D eigenvalue weighted by atomic mass is 15.0. The summed E-state index contributed by atoms with van der Waals surface area (Å²) in [5, 5.41) is 0. The Balaban J connectivity index is 3.20. The van der Waals surface area contributed by atoms with Crippen LogP contribution >= 0.6 is 0 Å². The molecule has 1 rings (SSSR count). The van der Waals surface area contributed by atoms with Gasteiger partial charge in [0.25, 0.3) is 0 Å². The summed E-state index contributed by atoms with van der Waals surface area (Å²) >= 11 is 0. The molecular weight excluding hydrogens is 148 g/mol. The van der Waals surface area contributed by atoms with Gasteiger partial charge in [-0.15, -0.1) is 0 Å². The molecule has 0 aliphatic carbocycles. The summed E-state index contributed by atoms with van der Waals surface area (Å²) in [6.45, 7) is 5.70. The third-order valence-electron chi connectivity index (χ3n) is 1.80. The summed E-state index contributed by atoms with van der Waals surface area (Å²) in [7, 11) is 1.99. The minimum atomic E-state index is 0.933. The van der Waals surface area contributed by atoms with Crippen LogP contribution in [0.3, 0.4) is 0 Å². The second-order valence-electron chi connectivity index (χ2n) is 2.67. The molecular formula is C10H14N2. The highest BCUT2D eigenvalue weighted by molar-refractivity contribution is 5.09. The molecule has 0 bridgehead atoms. The Kier molecular flexibility index (Phi) is 2.86. The number of pyridine rings is 1. The van der Waals surface area contributed by atoms with Crippen LogP contribution in [-0.2, 0) is 13.5 Å². The molecule has 0 spiro atoms. The van der Waals surface area contributed by atoms with E-state index in [1.54, 1.807) is 6.20 Å². The fraction of sp³-hybridized carbons (Fsp3) is 0.300. The Bertz CT molecular complexity index is 334. The topological polar surface area (TPSA) is 17.3 Å². The molecule has 1 aromatic heterocycles. The van der Waals surface area contributed by atoms with E-state index in [0.29, 0.717) is 0 Å². The molecule has 0 unspecified atom stereocenters. The van der Waals surface area contributed by atoms with E-state index in [4.69, 9.17) is 0 Å². The summed E-state index contributed by atoms with van der Waals surface area (Å²) in [6, 6.07) is 4.09. The van der Waals surface area contributed by atoms with Crippen LogP contribution in [0.4, 0.5) is 0 Å². The van der Waals surface area contributed by atoms with E-state index in [0.717, 1.165) is 11.9 Å². The van der Waals surface area contributed by atoms with E-state index < -0.39 is 0 Å². The van der Waals surface area contributed by atoms with Crippen molar-refractivity contribution in [3.8, 4) is 0 Å². The number of aromatic nitrogens is 1. The lowest BCUT2D eigenvalue weighted by molar-refractivity contribution is 0.818. The quantitative estimate of drug-likeness (QED) is 0.629. The van der Waals surface area contributed by atoms with Crippen LogP contribution in [0.5, 0.6) is 0 Å². The molecule has 0 saturated heterocycles. The van der Waals surface area contributed by atoms with E-state index >= 15 is 0 Å². The number of hydrogen-bond donors (Lipinski definition) is 0. The van der Waals surface area contributed by atoms with Gasteiger partial charge in [-0.3, -0.25) is 0 Å². The normalized spacial score (nSPS) is 11.7. The monoisotopic (exact) mass is 162 g/mol. The minimum absolute atomic E-state index is 0.933. The van der Waals surface area contributed by atoms with E-state index in [1.807, 2.05) is 17.7 Å². The molecule has 0 N–H and O–H groups in total. The van der Waals surface area contributed by atoms with Gasteiger partial charge in [-0.25, -0.2) is 4.99 Å². The molecule has 2 nitrogen and oxygen atoms in total. The summed E-state index contributed by atoms with van der Waals surface area (Å²) in [6.07, 6.45) is 4.70. The lowest BCUT2D eigenvalue weighted by Gasteiger charge is -2.01. The average molecular weight is 162 g/mol. The summed E-state index contributed by atoms with van der Waals surface area (Å²) in [5.74, 6) is 0. The predicted molar refractivity (Wildman–Crippen MR) is 50.6 cm³/mol. The summed E-state index contributed by atoms with van der Waals surface area (Å²) in [4.78, 5) is 4.11. The smallest absolute Gasteiger partial charge is 0.132 e. The van der Waals surface area contributed by atoms with Gasteiger partial charge in [0.2, 0.25) is 0 Å². The predicted octanol–water partition coefficient (Wildman–Crippen LogP) is 1.63. The number of aryl methyl sites for hydroxylation is 2. The van der Waals surface area contributed by atoms with Crippen molar-refractivity contribution < 1.29 is 0 Å². The first kappa shape index (κ1) is 8.78. The SMILES string of the molecule is C=CN=c1ccc(CC)cn1C. The maximum atomic E-state index is 4.11. The maximum absolute atomic E-state index is 4.11. The number of hydrogen-bond acceptors (Lipinski definition) is 1. The Labute approximate surface area is 72.9 Å². The minimum Gasteiger partial charge on any atom is -0.336 e. The van der Waals surface area contributed by atoms with E-state index in [9.17, 15) is 0 Å². The van der Waals surface area contributed by atoms with Crippen molar-refractivity contribution in [2.24, 2.45) is 12.0 Å². The third-order valence-corrected chi connectivity index (χ3v) is 1.80. The van der Waals surface area contributed by atoms with E-state index in [1.165, 1.54) is 5.56 Å². The zero-order valence-electron chi connectivity index (χ0n) is 7.62. The van der Waals surface area contributed by atoms with Crippen molar-refractivity contribution in [3.05, 3.63) is 42.2 Å². The molecule has 0 aliphatic heterocycles. The molecule has 0 aromatic carbocycles. The van der Waals surface area contributed by atoms with Crippen molar-refractivity contribution >= 4 is 0 Å². The van der Waals surface area contributed by atoms with Crippen LogP contribution in [0.1, 0.15) is 12.5 Å². The average Bonchev–Trinajstić information content (AvgIpc) is 2.09. The van der Waals surface area contributed by atoms with Crippen molar-refractivity contribution in [1.29, 1.82) is 0 Å². The lowest BCUT2D eigenvalue weighted by atomic mass is 10.2. The second-order valence-corrected chi connectivity index (χ2v) is 2.67. The van der Waals surface area contributed by atoms with Crippen LogP contribution in [0.2, 0.25) is 0 Å². The largest absolute Gasteiger partial charge is 0.336 e. The molecule has 0 fully saturated rings. The zero-order valence-corrected chi connectivity index (χ0v) is 7.62. The first-order valence-electron chi connectivity index (χ1n) is 4.08. The van der Waals surface area contributed by atoms with Gasteiger partial charge in [0, 0.05) is 19.4 Å². The van der Waals surface area contributed by atoms with Crippen molar-refractivity contribution in [3.63, 3.8) is 0 Å². The third kappa shape index (κ3) is 1.84. The first-order valence-corrected chi connectivity index (χ1v) is 4.08. The van der Waals surface area contributed by atoms with E-state index in [-0.39, 0.29) is 0 Å². The van der Waals surface area contributed by atoms with Crippen LogP contribution < -0.4 is 5.49 Å². The maximum Gasteiger partial charge on any atom is 0.132 e. The van der Waals surface area contributed by atoms with Gasteiger partial charge in [-0.05, 0) is 18.1 Å². The van der Waals surface area contributed by atoms with Crippen molar-refractivity contribution in [1.82, 2.24) is 4.57 Å². The van der Waals surface area contributed by atoms with Crippen LogP contribution in [0.25, 0.3) is 0 Å². The highest BCUT2D eigenvalue weighted by Gasteiger charge is 1.89. The van der Waals surface area contributed by atoms with Crippen LogP contribution in [0, 0.1) is 0 Å². The Morgan fingerprint density at radius 2 is 2.33 bits per heavy atom. The molecule has 0 saturated carbocycles. The van der Waals surface area contributed by atoms with Gasteiger partial charge in [0.1, 0.15) is 5.49 Å².